The van der Waals surface area contributed by atoms with Crippen molar-refractivity contribution in [3.8, 4) is 0 Å². The molecule has 0 saturated heterocycles. The summed E-state index contributed by atoms with van der Waals surface area (Å²) in [5, 5.41) is 0. The SMILES string of the molecule is NC/C=C/c1ccc(CF)cc1. The summed E-state index contributed by atoms with van der Waals surface area (Å²) < 4.78 is 12.1. The van der Waals surface area contributed by atoms with Crippen LogP contribution >= 0.6 is 0 Å². The monoisotopic (exact) mass is 165 g/mol. The maximum Gasteiger partial charge on any atom is 0.115 e. The minimum absolute atomic E-state index is 0.402. The van der Waals surface area contributed by atoms with Gasteiger partial charge in [-0.3, -0.25) is 0 Å². The summed E-state index contributed by atoms with van der Waals surface area (Å²) in [6.45, 7) is 0.131. The van der Waals surface area contributed by atoms with Crippen molar-refractivity contribution in [1.29, 1.82) is 0 Å². The van der Waals surface area contributed by atoms with Crippen LogP contribution in [0.15, 0.2) is 30.3 Å². The molecule has 0 spiro atoms. The fraction of sp³-hybridized carbons (Fsp3) is 0.200. The Morgan fingerprint density at radius 3 is 2.42 bits per heavy atom. The Morgan fingerprint density at radius 1 is 1.25 bits per heavy atom. The molecule has 2 heteroatoms. The van der Waals surface area contributed by atoms with Crippen molar-refractivity contribution in [2.24, 2.45) is 5.73 Å². The van der Waals surface area contributed by atoms with E-state index in [1.807, 2.05) is 24.3 Å². The van der Waals surface area contributed by atoms with Gasteiger partial charge in [0.05, 0.1) is 0 Å². The van der Waals surface area contributed by atoms with Crippen LogP contribution in [0.5, 0.6) is 0 Å². The fourth-order valence-corrected chi connectivity index (χ4v) is 0.922. The van der Waals surface area contributed by atoms with Crippen molar-refractivity contribution < 1.29 is 4.39 Å². The molecule has 0 radical (unpaired) electrons. The van der Waals surface area contributed by atoms with Gasteiger partial charge in [0.1, 0.15) is 6.67 Å². The van der Waals surface area contributed by atoms with Crippen LogP contribution in [0.2, 0.25) is 0 Å². The minimum Gasteiger partial charge on any atom is -0.327 e. The van der Waals surface area contributed by atoms with Crippen molar-refractivity contribution in [3.05, 3.63) is 41.5 Å². The highest BCUT2D eigenvalue weighted by molar-refractivity contribution is 5.49. The normalized spacial score (nSPS) is 10.8. The molecule has 0 aromatic heterocycles. The van der Waals surface area contributed by atoms with Crippen LogP contribution in [0.1, 0.15) is 11.1 Å². The minimum atomic E-state index is -0.402. The van der Waals surface area contributed by atoms with E-state index in [0.29, 0.717) is 12.1 Å². The van der Waals surface area contributed by atoms with Crippen LogP contribution in [0.25, 0.3) is 6.08 Å². The van der Waals surface area contributed by atoms with Crippen molar-refractivity contribution >= 4 is 6.08 Å². The van der Waals surface area contributed by atoms with Gasteiger partial charge in [0.15, 0.2) is 0 Å². The number of hydrogen-bond acceptors (Lipinski definition) is 1. The first kappa shape index (κ1) is 8.94. The van der Waals surface area contributed by atoms with Crippen LogP contribution in [0.3, 0.4) is 0 Å². The standard InChI is InChI=1S/C10H12FN/c11-8-10-5-3-9(4-6-10)2-1-7-12/h1-6H,7-8,12H2/b2-1+. The van der Waals surface area contributed by atoms with Gasteiger partial charge in [-0.05, 0) is 11.1 Å². The average molecular weight is 165 g/mol. The Balaban J connectivity index is 2.71. The van der Waals surface area contributed by atoms with E-state index in [1.165, 1.54) is 0 Å². The molecule has 0 aliphatic heterocycles. The Hall–Kier alpha value is -1.15. The average Bonchev–Trinajstić information content (AvgIpc) is 2.15. The first-order valence-electron chi connectivity index (χ1n) is 3.88. The number of halogens is 1. The molecule has 1 aromatic carbocycles. The maximum absolute atomic E-state index is 12.1. The number of alkyl halides is 1. The highest BCUT2D eigenvalue weighted by Gasteiger charge is 1.89. The molecular formula is C10H12FN. The molecule has 0 aliphatic carbocycles. The lowest BCUT2D eigenvalue weighted by molar-refractivity contribution is 0.485. The summed E-state index contributed by atoms with van der Waals surface area (Å²) in [4.78, 5) is 0. The second-order valence-corrected chi connectivity index (χ2v) is 2.51. The molecule has 0 unspecified atom stereocenters. The molecular weight excluding hydrogens is 153 g/mol. The van der Waals surface area contributed by atoms with Gasteiger partial charge < -0.3 is 5.73 Å². The Kier molecular flexibility index (Phi) is 3.48. The van der Waals surface area contributed by atoms with Gasteiger partial charge in [-0.1, -0.05) is 36.4 Å². The fourth-order valence-electron chi connectivity index (χ4n) is 0.922. The predicted molar refractivity (Wildman–Crippen MR) is 49.3 cm³/mol. The van der Waals surface area contributed by atoms with E-state index in [9.17, 15) is 4.39 Å². The van der Waals surface area contributed by atoms with Crippen molar-refractivity contribution in [2.75, 3.05) is 6.54 Å². The highest BCUT2D eigenvalue weighted by atomic mass is 19.1. The van der Waals surface area contributed by atoms with Gasteiger partial charge in [-0.15, -0.1) is 0 Å². The molecule has 0 bridgehead atoms. The molecule has 0 aliphatic rings. The lowest BCUT2D eigenvalue weighted by atomic mass is 10.1. The van der Waals surface area contributed by atoms with E-state index in [4.69, 9.17) is 5.73 Å². The molecule has 0 atom stereocenters. The summed E-state index contributed by atoms with van der Waals surface area (Å²) in [6, 6.07) is 7.30. The summed E-state index contributed by atoms with van der Waals surface area (Å²) in [6.07, 6.45) is 3.78. The van der Waals surface area contributed by atoms with Gasteiger partial charge in [-0.2, -0.15) is 0 Å². The quantitative estimate of drug-likeness (QED) is 0.729. The van der Waals surface area contributed by atoms with Gasteiger partial charge in [-0.25, -0.2) is 4.39 Å². The van der Waals surface area contributed by atoms with Gasteiger partial charge >= 0.3 is 0 Å². The zero-order valence-electron chi connectivity index (χ0n) is 6.83. The molecule has 0 saturated carbocycles. The third kappa shape index (κ3) is 2.47. The summed E-state index contributed by atoms with van der Waals surface area (Å²) in [5.41, 5.74) is 7.05. The Morgan fingerprint density at radius 2 is 1.92 bits per heavy atom. The second kappa shape index (κ2) is 4.67. The van der Waals surface area contributed by atoms with E-state index in [-0.39, 0.29) is 0 Å². The third-order valence-corrected chi connectivity index (χ3v) is 1.58. The second-order valence-electron chi connectivity index (χ2n) is 2.51. The van der Waals surface area contributed by atoms with Gasteiger partial charge in [0.25, 0.3) is 0 Å². The smallest absolute Gasteiger partial charge is 0.115 e. The Bertz CT molecular complexity index is 251. The van der Waals surface area contributed by atoms with Crippen molar-refractivity contribution in [2.45, 2.75) is 6.67 Å². The van der Waals surface area contributed by atoms with Crippen molar-refractivity contribution in [1.82, 2.24) is 0 Å². The van der Waals surface area contributed by atoms with Crippen LogP contribution in [-0.4, -0.2) is 6.54 Å². The first-order valence-corrected chi connectivity index (χ1v) is 3.88. The molecule has 1 aromatic rings. The number of hydrogen-bond donors (Lipinski definition) is 1. The van der Waals surface area contributed by atoms with Crippen LogP contribution in [0, 0.1) is 0 Å². The lowest BCUT2D eigenvalue weighted by Crippen LogP contribution is -1.91. The third-order valence-electron chi connectivity index (χ3n) is 1.58. The van der Waals surface area contributed by atoms with Crippen LogP contribution in [-0.2, 0) is 6.67 Å². The molecule has 12 heavy (non-hydrogen) atoms. The molecule has 1 nitrogen and oxygen atoms in total. The van der Waals surface area contributed by atoms with E-state index in [0.717, 1.165) is 5.56 Å². The van der Waals surface area contributed by atoms with E-state index < -0.39 is 6.67 Å². The molecule has 1 rings (SSSR count). The van der Waals surface area contributed by atoms with E-state index in [2.05, 4.69) is 0 Å². The van der Waals surface area contributed by atoms with E-state index in [1.54, 1.807) is 12.1 Å². The molecule has 0 fully saturated rings. The topological polar surface area (TPSA) is 26.0 Å². The molecule has 2 N–H and O–H groups in total. The van der Waals surface area contributed by atoms with Crippen LogP contribution in [0.4, 0.5) is 4.39 Å². The van der Waals surface area contributed by atoms with E-state index >= 15 is 0 Å². The van der Waals surface area contributed by atoms with Gasteiger partial charge in [0, 0.05) is 6.54 Å². The number of benzene rings is 1. The largest absolute Gasteiger partial charge is 0.327 e. The zero-order valence-corrected chi connectivity index (χ0v) is 6.83. The van der Waals surface area contributed by atoms with Gasteiger partial charge in [0.2, 0.25) is 0 Å². The van der Waals surface area contributed by atoms with Crippen LogP contribution < -0.4 is 5.73 Å². The number of rotatable bonds is 3. The summed E-state index contributed by atoms with van der Waals surface area (Å²) in [7, 11) is 0. The lowest BCUT2D eigenvalue weighted by Gasteiger charge is -1.95. The molecule has 64 valence electrons. The molecule has 0 heterocycles. The molecule has 0 amide bonds. The highest BCUT2D eigenvalue weighted by Crippen LogP contribution is 2.06. The predicted octanol–water partition coefficient (Wildman–Crippen LogP) is 2.13. The number of nitrogens with two attached hydrogens (primary N) is 1. The Labute approximate surface area is 71.7 Å². The first-order chi connectivity index (χ1) is 5.86. The summed E-state index contributed by atoms with van der Waals surface area (Å²) in [5.74, 6) is 0. The summed E-state index contributed by atoms with van der Waals surface area (Å²) >= 11 is 0. The van der Waals surface area contributed by atoms with Crippen molar-refractivity contribution in [3.63, 3.8) is 0 Å². The maximum atomic E-state index is 12.1. The zero-order chi connectivity index (χ0) is 8.81.